The van der Waals surface area contributed by atoms with Gasteiger partial charge in [-0.15, -0.1) is 0 Å². The zero-order valence-electron chi connectivity index (χ0n) is 16.8. The van der Waals surface area contributed by atoms with E-state index < -0.39 is 0 Å². The van der Waals surface area contributed by atoms with Crippen molar-refractivity contribution in [1.82, 2.24) is 20.1 Å². The van der Waals surface area contributed by atoms with E-state index in [0.717, 1.165) is 19.4 Å². The summed E-state index contributed by atoms with van der Waals surface area (Å²) in [6.45, 7) is 4.10. The first-order valence-electron chi connectivity index (χ1n) is 10.7. The van der Waals surface area contributed by atoms with Gasteiger partial charge in [0.05, 0.1) is 13.2 Å². The fraction of sp³-hybridized carbons (Fsp3) is 0.667. The number of rotatable bonds is 7. The second-order valence-electron chi connectivity index (χ2n) is 8.35. The minimum Gasteiger partial charge on any atom is -0.378 e. The van der Waals surface area contributed by atoms with Gasteiger partial charge in [-0.1, -0.05) is 0 Å². The number of pyridine rings is 1. The minimum atomic E-state index is -0.375. The van der Waals surface area contributed by atoms with Gasteiger partial charge in [0.15, 0.2) is 0 Å². The summed E-state index contributed by atoms with van der Waals surface area (Å²) >= 11 is 0. The average molecular weight is 402 g/mol. The molecule has 0 radical (unpaired) electrons. The van der Waals surface area contributed by atoms with Gasteiger partial charge >= 0.3 is 0 Å². The van der Waals surface area contributed by atoms with Crippen molar-refractivity contribution < 1.29 is 14.3 Å². The van der Waals surface area contributed by atoms with Crippen molar-refractivity contribution in [1.29, 1.82) is 0 Å². The Balaban J connectivity index is 1.35. The smallest absolute Gasteiger partial charge is 0.260 e. The Morgan fingerprint density at radius 3 is 2.62 bits per heavy atom. The van der Waals surface area contributed by atoms with Gasteiger partial charge in [0.1, 0.15) is 5.56 Å². The fourth-order valence-corrected chi connectivity index (χ4v) is 4.40. The number of carbonyl (C=O) groups excluding carboxylic acids is 2. The first kappa shape index (κ1) is 20.1. The highest BCUT2D eigenvalue weighted by Gasteiger charge is 2.38. The molecule has 1 aromatic heterocycles. The lowest BCUT2D eigenvalue weighted by Crippen LogP contribution is -2.47. The summed E-state index contributed by atoms with van der Waals surface area (Å²) in [5.41, 5.74) is -0.237. The van der Waals surface area contributed by atoms with Crippen LogP contribution in [0.4, 0.5) is 0 Å². The molecule has 3 heterocycles. The van der Waals surface area contributed by atoms with Crippen LogP contribution in [0.5, 0.6) is 0 Å². The van der Waals surface area contributed by atoms with E-state index in [-0.39, 0.29) is 35.0 Å². The third-order valence-electron chi connectivity index (χ3n) is 6.27. The Hall–Kier alpha value is -2.19. The molecule has 158 valence electrons. The van der Waals surface area contributed by atoms with E-state index in [1.807, 2.05) is 4.90 Å². The van der Waals surface area contributed by atoms with Crippen molar-refractivity contribution in [2.45, 2.75) is 44.2 Å². The second-order valence-corrected chi connectivity index (χ2v) is 8.35. The predicted molar refractivity (Wildman–Crippen MR) is 108 cm³/mol. The zero-order chi connectivity index (χ0) is 20.2. The number of H-pyrrole nitrogens is 1. The molecule has 1 aromatic rings. The molecule has 0 unspecified atom stereocenters. The Morgan fingerprint density at radius 2 is 1.90 bits per heavy atom. The Kier molecular flexibility index (Phi) is 6.30. The van der Waals surface area contributed by atoms with Crippen molar-refractivity contribution in [2.75, 3.05) is 39.4 Å². The summed E-state index contributed by atoms with van der Waals surface area (Å²) in [5, 5.41) is 2.93. The Bertz CT molecular complexity index is 785. The molecular weight excluding hydrogens is 372 g/mol. The third-order valence-corrected chi connectivity index (χ3v) is 6.27. The molecule has 2 aliphatic heterocycles. The number of carbonyl (C=O) groups is 2. The quantitative estimate of drug-likeness (QED) is 0.696. The maximum absolute atomic E-state index is 12.7. The second kappa shape index (κ2) is 9.09. The van der Waals surface area contributed by atoms with E-state index in [4.69, 9.17) is 4.74 Å². The van der Waals surface area contributed by atoms with Gasteiger partial charge in [-0.2, -0.15) is 0 Å². The number of nitrogens with one attached hydrogen (secondary N) is 2. The molecule has 0 spiro atoms. The van der Waals surface area contributed by atoms with E-state index >= 15 is 0 Å². The van der Waals surface area contributed by atoms with E-state index in [0.29, 0.717) is 45.2 Å². The van der Waals surface area contributed by atoms with Crippen molar-refractivity contribution in [2.24, 2.45) is 5.92 Å². The molecular formula is C21H30N4O4. The standard InChI is InChI=1S/C21H30N4O4/c26-19(24-8-10-29-11-9-24)12-16-5-6-17(25(16)14-15-3-4-15)13-23-21(28)18-2-1-7-22-20(18)27/h1-2,7,15-17H,3-6,8-14H2,(H,22,27)(H,23,28)/t16-,17+/m1/s1. The summed E-state index contributed by atoms with van der Waals surface area (Å²) in [6.07, 6.45) is 6.48. The van der Waals surface area contributed by atoms with Crippen LogP contribution in [0.15, 0.2) is 23.1 Å². The number of morpholine rings is 1. The van der Waals surface area contributed by atoms with Crippen LogP contribution in [0.3, 0.4) is 0 Å². The SMILES string of the molecule is O=C(NC[C@@H]1CC[C@H](CC(=O)N2CCOCC2)N1CC1CC1)c1ccc[nH]c1=O. The van der Waals surface area contributed by atoms with Gasteiger partial charge in [-0.3, -0.25) is 19.3 Å². The first-order valence-corrected chi connectivity index (χ1v) is 10.7. The van der Waals surface area contributed by atoms with Gasteiger partial charge in [0.2, 0.25) is 5.91 Å². The van der Waals surface area contributed by atoms with Crippen LogP contribution in [0, 0.1) is 5.92 Å². The molecule has 1 saturated carbocycles. The molecule has 2 atom stereocenters. The molecule has 3 fully saturated rings. The lowest BCUT2D eigenvalue weighted by Gasteiger charge is -2.33. The van der Waals surface area contributed by atoms with Crippen molar-refractivity contribution in [3.63, 3.8) is 0 Å². The van der Waals surface area contributed by atoms with Crippen LogP contribution >= 0.6 is 0 Å². The van der Waals surface area contributed by atoms with Crippen molar-refractivity contribution in [3.05, 3.63) is 34.2 Å². The molecule has 0 aromatic carbocycles. The molecule has 2 N–H and O–H groups in total. The highest BCUT2D eigenvalue weighted by atomic mass is 16.5. The van der Waals surface area contributed by atoms with E-state index in [1.54, 1.807) is 6.07 Å². The highest BCUT2D eigenvalue weighted by molar-refractivity contribution is 5.93. The predicted octanol–water partition coefficient (Wildman–Crippen LogP) is 0.597. The maximum atomic E-state index is 12.7. The van der Waals surface area contributed by atoms with Crippen LogP contribution in [0.25, 0.3) is 0 Å². The van der Waals surface area contributed by atoms with Gasteiger partial charge in [0, 0.05) is 50.9 Å². The Morgan fingerprint density at radius 1 is 1.14 bits per heavy atom. The number of aromatic nitrogens is 1. The highest BCUT2D eigenvalue weighted by Crippen LogP contribution is 2.35. The number of aromatic amines is 1. The Labute approximate surface area is 170 Å². The van der Waals surface area contributed by atoms with Crippen LogP contribution in [0.1, 0.15) is 42.5 Å². The van der Waals surface area contributed by atoms with E-state index in [9.17, 15) is 14.4 Å². The number of hydrogen-bond acceptors (Lipinski definition) is 5. The summed E-state index contributed by atoms with van der Waals surface area (Å²) in [7, 11) is 0. The lowest BCUT2D eigenvalue weighted by atomic mass is 10.1. The first-order chi connectivity index (χ1) is 14.1. The molecule has 0 bridgehead atoms. The molecule has 29 heavy (non-hydrogen) atoms. The van der Waals surface area contributed by atoms with Gasteiger partial charge in [-0.25, -0.2) is 0 Å². The van der Waals surface area contributed by atoms with E-state index in [2.05, 4.69) is 15.2 Å². The summed E-state index contributed by atoms with van der Waals surface area (Å²) < 4.78 is 5.35. The molecule has 8 heteroatoms. The zero-order valence-corrected chi connectivity index (χ0v) is 16.8. The fourth-order valence-electron chi connectivity index (χ4n) is 4.40. The molecule has 8 nitrogen and oxygen atoms in total. The number of ether oxygens (including phenoxy) is 1. The molecule has 2 amide bonds. The molecule has 4 rings (SSSR count). The molecule has 1 aliphatic carbocycles. The van der Waals surface area contributed by atoms with E-state index in [1.165, 1.54) is 25.1 Å². The summed E-state index contributed by atoms with van der Waals surface area (Å²) in [5.74, 6) is 0.579. The number of hydrogen-bond donors (Lipinski definition) is 2. The largest absolute Gasteiger partial charge is 0.378 e. The molecule has 2 saturated heterocycles. The normalized spacial score (nSPS) is 25.2. The van der Waals surface area contributed by atoms with Gasteiger partial charge < -0.3 is 19.9 Å². The van der Waals surface area contributed by atoms with Crippen LogP contribution < -0.4 is 10.9 Å². The maximum Gasteiger partial charge on any atom is 0.260 e. The number of amides is 2. The lowest BCUT2D eigenvalue weighted by molar-refractivity contribution is -0.136. The van der Waals surface area contributed by atoms with Crippen molar-refractivity contribution >= 4 is 11.8 Å². The molecule has 3 aliphatic rings. The van der Waals surface area contributed by atoms with Gasteiger partial charge in [-0.05, 0) is 43.7 Å². The average Bonchev–Trinajstić information content (AvgIpc) is 3.49. The summed E-state index contributed by atoms with van der Waals surface area (Å²) in [6, 6.07) is 3.63. The monoisotopic (exact) mass is 402 g/mol. The number of likely N-dealkylation sites (tertiary alicyclic amines) is 1. The van der Waals surface area contributed by atoms with Crippen LogP contribution in [-0.2, 0) is 9.53 Å². The minimum absolute atomic E-state index is 0.137. The van der Waals surface area contributed by atoms with Gasteiger partial charge in [0.25, 0.3) is 11.5 Å². The summed E-state index contributed by atoms with van der Waals surface area (Å²) in [4.78, 5) is 43.8. The van der Waals surface area contributed by atoms with Crippen LogP contribution in [0.2, 0.25) is 0 Å². The van der Waals surface area contributed by atoms with Crippen LogP contribution in [-0.4, -0.2) is 78.1 Å². The van der Waals surface area contributed by atoms with Crippen molar-refractivity contribution in [3.8, 4) is 0 Å². The number of nitrogens with zero attached hydrogens (tertiary/aromatic N) is 2. The third kappa shape index (κ3) is 5.05. The topological polar surface area (TPSA) is 94.7 Å².